The van der Waals surface area contributed by atoms with Crippen molar-refractivity contribution < 1.29 is 14.3 Å². The van der Waals surface area contributed by atoms with E-state index >= 15 is 0 Å². The van der Waals surface area contributed by atoms with E-state index in [2.05, 4.69) is 10.6 Å². The number of hydrogen-bond acceptors (Lipinski definition) is 4. The van der Waals surface area contributed by atoms with E-state index < -0.39 is 0 Å². The number of nitrogens with one attached hydrogen (secondary N) is 2. The first-order chi connectivity index (χ1) is 14.3. The zero-order chi connectivity index (χ0) is 19.9. The topological polar surface area (TPSA) is 59.6 Å². The molecule has 1 aliphatic rings. The van der Waals surface area contributed by atoms with E-state index in [-0.39, 0.29) is 11.8 Å². The largest absolute Gasteiger partial charge is 0.457 e. The van der Waals surface area contributed by atoms with E-state index in [9.17, 15) is 4.79 Å². The van der Waals surface area contributed by atoms with Crippen molar-refractivity contribution in [2.75, 3.05) is 23.8 Å². The van der Waals surface area contributed by atoms with Crippen LogP contribution in [0.4, 0.5) is 17.1 Å². The summed E-state index contributed by atoms with van der Waals surface area (Å²) < 4.78 is 11.1. The van der Waals surface area contributed by atoms with Crippen LogP contribution < -0.4 is 15.4 Å². The molecule has 1 aliphatic heterocycles. The molecule has 0 atom stereocenters. The molecule has 0 radical (unpaired) electrons. The third-order valence-electron chi connectivity index (χ3n) is 4.87. The van der Waals surface area contributed by atoms with Crippen molar-refractivity contribution in [1.29, 1.82) is 0 Å². The molecule has 1 saturated heterocycles. The predicted octanol–water partition coefficient (Wildman–Crippen LogP) is 5.59. The first-order valence-corrected chi connectivity index (χ1v) is 9.85. The zero-order valence-electron chi connectivity index (χ0n) is 16.1. The second-order valence-electron chi connectivity index (χ2n) is 7.02. The summed E-state index contributed by atoms with van der Waals surface area (Å²) in [5.41, 5.74) is 2.72. The molecule has 3 aromatic carbocycles. The van der Waals surface area contributed by atoms with Crippen LogP contribution in [0.15, 0.2) is 78.9 Å². The van der Waals surface area contributed by atoms with Crippen molar-refractivity contribution in [2.45, 2.75) is 12.8 Å². The van der Waals surface area contributed by atoms with Gasteiger partial charge in [-0.2, -0.15) is 0 Å². The van der Waals surface area contributed by atoms with Crippen molar-refractivity contribution in [3.05, 3.63) is 78.9 Å². The van der Waals surface area contributed by atoms with Gasteiger partial charge in [0.1, 0.15) is 11.5 Å². The van der Waals surface area contributed by atoms with Gasteiger partial charge < -0.3 is 20.1 Å². The molecular weight excluding hydrogens is 364 g/mol. The van der Waals surface area contributed by atoms with E-state index in [1.807, 2.05) is 78.9 Å². The minimum Gasteiger partial charge on any atom is -0.457 e. The maximum Gasteiger partial charge on any atom is 0.227 e. The van der Waals surface area contributed by atoms with Gasteiger partial charge in [-0.3, -0.25) is 4.79 Å². The number of para-hydroxylation sites is 1. The standard InChI is InChI=1S/C24H24N2O3/c27-24(18-14-16-28-17-15-18)26-21-8-6-19(7-9-21)25-20-10-12-23(13-11-20)29-22-4-2-1-3-5-22/h1-13,18,25H,14-17H2,(H,26,27). The van der Waals surface area contributed by atoms with E-state index in [1.165, 1.54) is 0 Å². The summed E-state index contributed by atoms with van der Waals surface area (Å²) in [5.74, 6) is 1.71. The molecule has 0 aliphatic carbocycles. The molecule has 5 nitrogen and oxygen atoms in total. The highest BCUT2D eigenvalue weighted by Crippen LogP contribution is 2.25. The molecular formula is C24H24N2O3. The summed E-state index contributed by atoms with van der Waals surface area (Å²) in [6, 6.07) is 25.2. The molecule has 0 spiro atoms. The molecule has 0 aromatic heterocycles. The average Bonchev–Trinajstić information content (AvgIpc) is 2.78. The van der Waals surface area contributed by atoms with Crippen LogP contribution >= 0.6 is 0 Å². The maximum absolute atomic E-state index is 12.3. The summed E-state index contributed by atoms with van der Waals surface area (Å²) in [5, 5.41) is 6.35. The molecule has 29 heavy (non-hydrogen) atoms. The van der Waals surface area contributed by atoms with Gasteiger partial charge in [0, 0.05) is 36.2 Å². The van der Waals surface area contributed by atoms with Crippen LogP contribution in [0.25, 0.3) is 0 Å². The van der Waals surface area contributed by atoms with Gasteiger partial charge in [0.05, 0.1) is 0 Å². The van der Waals surface area contributed by atoms with E-state index in [4.69, 9.17) is 9.47 Å². The van der Waals surface area contributed by atoms with Crippen LogP contribution in [0.2, 0.25) is 0 Å². The summed E-state index contributed by atoms with van der Waals surface area (Å²) >= 11 is 0. The average molecular weight is 388 g/mol. The van der Waals surface area contributed by atoms with Crippen LogP contribution in [0.3, 0.4) is 0 Å². The number of rotatable bonds is 6. The number of carbonyl (C=O) groups is 1. The highest BCUT2D eigenvalue weighted by atomic mass is 16.5. The number of ether oxygens (including phenoxy) is 2. The van der Waals surface area contributed by atoms with Crippen LogP contribution in [-0.2, 0) is 9.53 Å². The number of carbonyl (C=O) groups excluding carboxylic acids is 1. The van der Waals surface area contributed by atoms with Gasteiger partial charge in [-0.25, -0.2) is 0 Å². The minimum atomic E-state index is 0.0400. The Balaban J connectivity index is 1.32. The second kappa shape index (κ2) is 9.26. The fourth-order valence-corrected chi connectivity index (χ4v) is 3.24. The molecule has 4 rings (SSSR count). The van der Waals surface area contributed by atoms with Crippen molar-refractivity contribution in [3.63, 3.8) is 0 Å². The molecule has 1 heterocycles. The lowest BCUT2D eigenvalue weighted by molar-refractivity contribution is -0.122. The molecule has 148 valence electrons. The Morgan fingerprint density at radius 2 is 1.31 bits per heavy atom. The summed E-state index contributed by atoms with van der Waals surface area (Å²) in [6.45, 7) is 1.33. The molecule has 5 heteroatoms. The Morgan fingerprint density at radius 1 is 0.759 bits per heavy atom. The lowest BCUT2D eigenvalue weighted by Gasteiger charge is -2.21. The Bertz CT molecular complexity index is 919. The number of hydrogen-bond donors (Lipinski definition) is 2. The van der Waals surface area contributed by atoms with Crippen molar-refractivity contribution in [3.8, 4) is 11.5 Å². The van der Waals surface area contributed by atoms with Gasteiger partial charge in [-0.05, 0) is 73.5 Å². The lowest BCUT2D eigenvalue weighted by Crippen LogP contribution is -2.28. The van der Waals surface area contributed by atoms with Crippen LogP contribution in [0.1, 0.15) is 12.8 Å². The fourth-order valence-electron chi connectivity index (χ4n) is 3.24. The molecule has 1 fully saturated rings. The lowest BCUT2D eigenvalue weighted by atomic mass is 9.99. The highest BCUT2D eigenvalue weighted by Gasteiger charge is 2.21. The summed E-state index contributed by atoms with van der Waals surface area (Å²) in [4.78, 5) is 12.3. The smallest absolute Gasteiger partial charge is 0.227 e. The molecule has 0 unspecified atom stereocenters. The number of amides is 1. The first kappa shape index (κ1) is 19.0. The molecule has 3 aromatic rings. The molecule has 0 bridgehead atoms. The summed E-state index contributed by atoms with van der Waals surface area (Å²) in [7, 11) is 0. The summed E-state index contributed by atoms with van der Waals surface area (Å²) in [6.07, 6.45) is 1.57. The third-order valence-corrected chi connectivity index (χ3v) is 4.87. The molecule has 2 N–H and O–H groups in total. The quantitative estimate of drug-likeness (QED) is 0.578. The Hall–Kier alpha value is -3.31. The van der Waals surface area contributed by atoms with E-state index in [0.717, 1.165) is 41.4 Å². The third kappa shape index (κ3) is 5.36. The van der Waals surface area contributed by atoms with Crippen LogP contribution in [0, 0.1) is 5.92 Å². The Labute approximate surface area is 170 Å². The minimum absolute atomic E-state index is 0.0400. The zero-order valence-corrected chi connectivity index (χ0v) is 16.1. The van der Waals surface area contributed by atoms with E-state index in [1.54, 1.807) is 0 Å². The number of benzene rings is 3. The van der Waals surface area contributed by atoms with Crippen LogP contribution in [-0.4, -0.2) is 19.1 Å². The maximum atomic E-state index is 12.3. The van der Waals surface area contributed by atoms with Gasteiger partial charge in [0.15, 0.2) is 0 Å². The fraction of sp³-hybridized carbons (Fsp3) is 0.208. The van der Waals surface area contributed by atoms with Crippen molar-refractivity contribution >= 4 is 23.0 Å². The van der Waals surface area contributed by atoms with Gasteiger partial charge in [0.25, 0.3) is 0 Å². The van der Waals surface area contributed by atoms with Crippen LogP contribution in [0.5, 0.6) is 11.5 Å². The first-order valence-electron chi connectivity index (χ1n) is 9.85. The Morgan fingerprint density at radius 3 is 1.97 bits per heavy atom. The highest BCUT2D eigenvalue weighted by molar-refractivity contribution is 5.92. The van der Waals surface area contributed by atoms with Gasteiger partial charge in [0.2, 0.25) is 5.91 Å². The van der Waals surface area contributed by atoms with Gasteiger partial charge in [-0.15, -0.1) is 0 Å². The molecule has 0 saturated carbocycles. The van der Waals surface area contributed by atoms with Crippen molar-refractivity contribution in [1.82, 2.24) is 0 Å². The second-order valence-corrected chi connectivity index (χ2v) is 7.02. The predicted molar refractivity (Wildman–Crippen MR) is 115 cm³/mol. The van der Waals surface area contributed by atoms with Crippen molar-refractivity contribution in [2.24, 2.45) is 5.92 Å². The molecule has 1 amide bonds. The SMILES string of the molecule is O=C(Nc1ccc(Nc2ccc(Oc3ccccc3)cc2)cc1)C1CCOCC1. The van der Waals surface area contributed by atoms with E-state index in [0.29, 0.717) is 13.2 Å². The van der Waals surface area contributed by atoms with Gasteiger partial charge in [-0.1, -0.05) is 18.2 Å². The normalized spacial score (nSPS) is 14.2. The Kier molecular flexibility index (Phi) is 6.07. The monoisotopic (exact) mass is 388 g/mol. The van der Waals surface area contributed by atoms with Gasteiger partial charge >= 0.3 is 0 Å². The number of anilines is 3.